The van der Waals surface area contributed by atoms with Gasteiger partial charge in [0.2, 0.25) is 0 Å². The fraction of sp³-hybridized carbons (Fsp3) is 0.667. The maximum Gasteiger partial charge on any atom is 0.119 e. The minimum atomic E-state index is -0.570. The predicted octanol–water partition coefficient (Wildman–Crippen LogP) is 0.880. The number of rotatable bonds is 5. The molecule has 1 rings (SSSR count). The first-order valence-corrected chi connectivity index (χ1v) is 4.49. The van der Waals surface area contributed by atoms with Crippen LogP contribution in [0.15, 0.2) is 12.3 Å². The van der Waals surface area contributed by atoms with E-state index in [1.165, 1.54) is 0 Å². The molecule has 1 heterocycles. The Kier molecular flexibility index (Phi) is 3.92. The second-order valence-corrected chi connectivity index (χ2v) is 2.97. The van der Waals surface area contributed by atoms with E-state index in [2.05, 4.69) is 5.10 Å². The number of ether oxygens (including phenoxy) is 1. The highest BCUT2D eigenvalue weighted by Gasteiger charge is 2.10. The number of hydrogen-bond donors (Lipinski definition) is 1. The standard InChI is InChI=1S/C9H16N2O2/c1-3-6-13-7-9(12)8-4-5-10-11(8)2/h4-5,9,12H,3,6-7H2,1-2H3. The molecule has 0 aliphatic carbocycles. The molecule has 0 radical (unpaired) electrons. The molecule has 0 aromatic carbocycles. The van der Waals surface area contributed by atoms with Crippen molar-refractivity contribution in [3.8, 4) is 0 Å². The Balaban J connectivity index is 2.39. The van der Waals surface area contributed by atoms with Gasteiger partial charge in [-0.2, -0.15) is 5.10 Å². The van der Waals surface area contributed by atoms with Crippen LogP contribution in [0, 0.1) is 0 Å². The fourth-order valence-electron chi connectivity index (χ4n) is 1.14. The van der Waals surface area contributed by atoms with E-state index < -0.39 is 6.10 Å². The van der Waals surface area contributed by atoms with Crippen molar-refractivity contribution in [2.24, 2.45) is 7.05 Å². The van der Waals surface area contributed by atoms with Crippen LogP contribution >= 0.6 is 0 Å². The Morgan fingerprint density at radius 3 is 3.00 bits per heavy atom. The van der Waals surface area contributed by atoms with Gasteiger partial charge >= 0.3 is 0 Å². The highest BCUT2D eigenvalue weighted by Crippen LogP contribution is 2.10. The van der Waals surface area contributed by atoms with Crippen molar-refractivity contribution in [2.75, 3.05) is 13.2 Å². The second-order valence-electron chi connectivity index (χ2n) is 2.97. The second kappa shape index (κ2) is 4.99. The average Bonchev–Trinajstić information content (AvgIpc) is 2.52. The fourth-order valence-corrected chi connectivity index (χ4v) is 1.14. The van der Waals surface area contributed by atoms with E-state index in [0.717, 1.165) is 12.1 Å². The summed E-state index contributed by atoms with van der Waals surface area (Å²) in [5.41, 5.74) is 0.788. The van der Waals surface area contributed by atoms with Gasteiger partial charge in [-0.25, -0.2) is 0 Å². The van der Waals surface area contributed by atoms with Crippen LogP contribution in [0.2, 0.25) is 0 Å². The predicted molar refractivity (Wildman–Crippen MR) is 49.3 cm³/mol. The largest absolute Gasteiger partial charge is 0.384 e. The first-order chi connectivity index (χ1) is 6.25. The third kappa shape index (κ3) is 2.82. The summed E-state index contributed by atoms with van der Waals surface area (Å²) in [4.78, 5) is 0. The highest BCUT2D eigenvalue weighted by molar-refractivity contribution is 5.03. The minimum Gasteiger partial charge on any atom is -0.384 e. The van der Waals surface area contributed by atoms with Crippen LogP contribution in [-0.2, 0) is 11.8 Å². The van der Waals surface area contributed by atoms with Crippen molar-refractivity contribution in [3.05, 3.63) is 18.0 Å². The molecular weight excluding hydrogens is 168 g/mol. The zero-order chi connectivity index (χ0) is 9.68. The van der Waals surface area contributed by atoms with Crippen LogP contribution in [0.3, 0.4) is 0 Å². The van der Waals surface area contributed by atoms with Gasteiger partial charge in [0.25, 0.3) is 0 Å². The molecule has 0 bridgehead atoms. The van der Waals surface area contributed by atoms with Gasteiger partial charge in [0, 0.05) is 19.9 Å². The van der Waals surface area contributed by atoms with E-state index in [0.29, 0.717) is 13.2 Å². The summed E-state index contributed by atoms with van der Waals surface area (Å²) in [6.45, 7) is 3.07. The van der Waals surface area contributed by atoms with Gasteiger partial charge in [0.15, 0.2) is 0 Å². The van der Waals surface area contributed by atoms with Crippen LogP contribution in [0.25, 0.3) is 0 Å². The normalized spacial score (nSPS) is 13.2. The van der Waals surface area contributed by atoms with E-state index in [-0.39, 0.29) is 0 Å². The van der Waals surface area contributed by atoms with Gasteiger partial charge in [-0.1, -0.05) is 6.92 Å². The van der Waals surface area contributed by atoms with Crippen LogP contribution in [0.1, 0.15) is 25.1 Å². The van der Waals surface area contributed by atoms with Gasteiger partial charge < -0.3 is 9.84 Å². The smallest absolute Gasteiger partial charge is 0.119 e. The quantitative estimate of drug-likeness (QED) is 0.691. The number of aromatic nitrogens is 2. The Morgan fingerprint density at radius 1 is 1.69 bits per heavy atom. The molecule has 74 valence electrons. The molecule has 1 aromatic heterocycles. The van der Waals surface area contributed by atoms with Crippen LogP contribution in [0.4, 0.5) is 0 Å². The molecule has 4 heteroatoms. The van der Waals surface area contributed by atoms with E-state index in [9.17, 15) is 5.11 Å². The van der Waals surface area contributed by atoms with Gasteiger partial charge in [0.05, 0.1) is 12.3 Å². The van der Waals surface area contributed by atoms with Crippen molar-refractivity contribution in [2.45, 2.75) is 19.4 Å². The Labute approximate surface area is 78.1 Å². The molecule has 0 amide bonds. The third-order valence-electron chi connectivity index (χ3n) is 1.82. The summed E-state index contributed by atoms with van der Waals surface area (Å²) in [6.07, 6.45) is 2.07. The molecule has 0 aliphatic rings. The summed E-state index contributed by atoms with van der Waals surface area (Å²) in [5, 5.41) is 13.6. The van der Waals surface area contributed by atoms with Crippen molar-refractivity contribution < 1.29 is 9.84 Å². The molecular formula is C9H16N2O2. The third-order valence-corrected chi connectivity index (χ3v) is 1.82. The molecule has 0 saturated heterocycles. The molecule has 4 nitrogen and oxygen atoms in total. The molecule has 0 spiro atoms. The Hall–Kier alpha value is -0.870. The number of hydrogen-bond acceptors (Lipinski definition) is 3. The summed E-state index contributed by atoms with van der Waals surface area (Å²) in [7, 11) is 1.80. The number of aliphatic hydroxyl groups is 1. The lowest BCUT2D eigenvalue weighted by molar-refractivity contribution is 0.0323. The lowest BCUT2D eigenvalue weighted by Crippen LogP contribution is -2.11. The van der Waals surface area contributed by atoms with E-state index in [1.807, 2.05) is 6.92 Å². The monoisotopic (exact) mass is 184 g/mol. The van der Waals surface area contributed by atoms with Crippen LogP contribution < -0.4 is 0 Å². The zero-order valence-electron chi connectivity index (χ0n) is 8.10. The number of aliphatic hydroxyl groups excluding tert-OH is 1. The lowest BCUT2D eigenvalue weighted by atomic mass is 10.3. The van der Waals surface area contributed by atoms with Crippen LogP contribution in [-0.4, -0.2) is 28.1 Å². The molecule has 13 heavy (non-hydrogen) atoms. The molecule has 0 saturated carbocycles. The Morgan fingerprint density at radius 2 is 2.46 bits per heavy atom. The maximum absolute atomic E-state index is 9.63. The Bertz CT molecular complexity index is 248. The van der Waals surface area contributed by atoms with Crippen LogP contribution in [0.5, 0.6) is 0 Å². The van der Waals surface area contributed by atoms with Crippen molar-refractivity contribution >= 4 is 0 Å². The van der Waals surface area contributed by atoms with Gasteiger partial charge in [-0.05, 0) is 12.5 Å². The minimum absolute atomic E-state index is 0.341. The molecule has 1 N–H and O–H groups in total. The molecule has 1 atom stereocenters. The topological polar surface area (TPSA) is 47.3 Å². The van der Waals surface area contributed by atoms with E-state index in [1.54, 1.807) is 24.0 Å². The molecule has 1 unspecified atom stereocenters. The molecule has 0 fully saturated rings. The van der Waals surface area contributed by atoms with Crippen molar-refractivity contribution in [3.63, 3.8) is 0 Å². The summed E-state index contributed by atoms with van der Waals surface area (Å²) < 4.78 is 6.89. The average molecular weight is 184 g/mol. The summed E-state index contributed by atoms with van der Waals surface area (Å²) >= 11 is 0. The van der Waals surface area contributed by atoms with Gasteiger partial charge in [-0.3, -0.25) is 4.68 Å². The number of nitrogens with zero attached hydrogens (tertiary/aromatic N) is 2. The first-order valence-electron chi connectivity index (χ1n) is 4.49. The van der Waals surface area contributed by atoms with Gasteiger partial charge in [0.1, 0.15) is 6.10 Å². The maximum atomic E-state index is 9.63. The zero-order valence-corrected chi connectivity index (χ0v) is 8.10. The SMILES string of the molecule is CCCOCC(O)c1ccnn1C. The molecule has 1 aromatic rings. The lowest BCUT2D eigenvalue weighted by Gasteiger charge is -2.10. The summed E-state index contributed by atoms with van der Waals surface area (Å²) in [6, 6.07) is 1.79. The highest BCUT2D eigenvalue weighted by atomic mass is 16.5. The van der Waals surface area contributed by atoms with Crippen molar-refractivity contribution in [1.29, 1.82) is 0 Å². The van der Waals surface area contributed by atoms with Gasteiger partial charge in [-0.15, -0.1) is 0 Å². The van der Waals surface area contributed by atoms with E-state index >= 15 is 0 Å². The molecule has 0 aliphatic heterocycles. The number of aryl methyl sites for hydroxylation is 1. The summed E-state index contributed by atoms with van der Waals surface area (Å²) in [5.74, 6) is 0. The van der Waals surface area contributed by atoms with E-state index in [4.69, 9.17) is 4.74 Å². The van der Waals surface area contributed by atoms with Crippen molar-refractivity contribution in [1.82, 2.24) is 9.78 Å². The first kappa shape index (κ1) is 10.2.